The number of esters is 2. The highest BCUT2D eigenvalue weighted by Gasteiger charge is 2.22. The summed E-state index contributed by atoms with van der Waals surface area (Å²) in [4.78, 5) is 23.3. The summed E-state index contributed by atoms with van der Waals surface area (Å²) < 4.78 is 22.1. The van der Waals surface area contributed by atoms with E-state index < -0.39 is 24.1 Å². The molecule has 0 fully saturated rings. The number of hydrogen-bond acceptors (Lipinski definition) is 8. The third-order valence-electron chi connectivity index (χ3n) is 7.39. The highest BCUT2D eigenvalue weighted by atomic mass is 16.6. The van der Waals surface area contributed by atoms with Crippen LogP contribution < -0.4 is 9.47 Å². The first-order valence-electron chi connectivity index (χ1n) is 15.2. The van der Waals surface area contributed by atoms with Crippen LogP contribution in [-0.2, 0) is 19.1 Å². The fourth-order valence-corrected chi connectivity index (χ4v) is 5.14. The van der Waals surface area contributed by atoms with Gasteiger partial charge in [0.1, 0.15) is 50.1 Å². The van der Waals surface area contributed by atoms with E-state index in [9.17, 15) is 19.8 Å². The van der Waals surface area contributed by atoms with E-state index in [0.29, 0.717) is 11.5 Å². The maximum Gasteiger partial charge on any atom is 0.333 e. The standard InChI is InChI=1S/C38H46O8/c1-22(2)37(41)45-20-32(39)18-43-35-25(6)14-30(15-26(35)7)34(29-12-10-24(5)11-13-29)31-16-27(8)36(28(9)17-31)44-19-33(40)21-46-38(42)23(3)4/h10-17,32-34,39-40H,1,3,18-21H2,2,4-9H3. The SMILES string of the molecule is C=C(C)C(=O)OCC(O)COc1c(C)cc(C(c2ccc(C)cc2)c2cc(C)c(OCC(O)COC(=O)C(=C)C)c(C)c2)cc1C. The smallest absolute Gasteiger partial charge is 0.333 e. The molecule has 0 saturated heterocycles. The third kappa shape index (κ3) is 9.80. The zero-order valence-corrected chi connectivity index (χ0v) is 27.9. The lowest BCUT2D eigenvalue weighted by atomic mass is 9.82. The molecule has 3 rings (SSSR count). The number of hydrogen-bond donors (Lipinski definition) is 2. The maximum absolute atomic E-state index is 11.7. The molecule has 8 nitrogen and oxygen atoms in total. The van der Waals surface area contributed by atoms with Crippen molar-refractivity contribution in [2.24, 2.45) is 0 Å². The van der Waals surface area contributed by atoms with Gasteiger partial charge in [-0.05, 0) is 87.4 Å². The van der Waals surface area contributed by atoms with Gasteiger partial charge in [-0.15, -0.1) is 0 Å². The summed E-state index contributed by atoms with van der Waals surface area (Å²) in [6.07, 6.45) is -1.97. The Bertz CT molecular complexity index is 1430. The zero-order chi connectivity index (χ0) is 34.1. The Morgan fingerprint density at radius 2 is 0.957 bits per heavy atom. The maximum atomic E-state index is 11.7. The van der Waals surface area contributed by atoms with Gasteiger partial charge < -0.3 is 29.2 Å². The van der Waals surface area contributed by atoms with E-state index in [4.69, 9.17) is 18.9 Å². The molecule has 46 heavy (non-hydrogen) atoms. The summed E-state index contributed by atoms with van der Waals surface area (Å²) in [5, 5.41) is 20.6. The van der Waals surface area contributed by atoms with Gasteiger partial charge in [-0.3, -0.25) is 0 Å². The molecule has 2 unspecified atom stereocenters. The van der Waals surface area contributed by atoms with Gasteiger partial charge in [0, 0.05) is 17.1 Å². The summed E-state index contributed by atoms with van der Waals surface area (Å²) in [5.74, 6) is 0.128. The topological polar surface area (TPSA) is 112 Å². The molecule has 246 valence electrons. The summed E-state index contributed by atoms with van der Waals surface area (Å²) in [6, 6.07) is 16.8. The van der Waals surface area contributed by atoms with E-state index in [2.05, 4.69) is 68.6 Å². The molecular weight excluding hydrogens is 584 g/mol. The van der Waals surface area contributed by atoms with Crippen LogP contribution in [0.1, 0.15) is 64.3 Å². The highest BCUT2D eigenvalue weighted by Crippen LogP contribution is 2.38. The molecule has 2 atom stereocenters. The molecule has 0 aliphatic rings. The molecule has 0 heterocycles. The number of carbonyl (C=O) groups is 2. The van der Waals surface area contributed by atoms with E-state index in [0.717, 1.165) is 44.5 Å². The molecule has 0 aromatic heterocycles. The second kappa shape index (κ2) is 16.2. The van der Waals surface area contributed by atoms with Crippen molar-refractivity contribution in [1.29, 1.82) is 0 Å². The van der Waals surface area contributed by atoms with Crippen molar-refractivity contribution in [2.45, 2.75) is 66.6 Å². The van der Waals surface area contributed by atoms with Gasteiger partial charge >= 0.3 is 11.9 Å². The quantitative estimate of drug-likeness (QED) is 0.117. The summed E-state index contributed by atoms with van der Waals surface area (Å²) in [6.45, 7) is 19.7. The second-order valence-electron chi connectivity index (χ2n) is 12.0. The number of benzene rings is 3. The minimum atomic E-state index is -0.985. The van der Waals surface area contributed by atoms with Crippen molar-refractivity contribution >= 4 is 11.9 Å². The molecule has 0 spiro atoms. The first kappa shape index (κ1) is 36.1. The van der Waals surface area contributed by atoms with Gasteiger partial charge in [-0.2, -0.15) is 0 Å². The van der Waals surface area contributed by atoms with E-state index in [1.165, 1.54) is 0 Å². The average molecular weight is 631 g/mol. The fourth-order valence-electron chi connectivity index (χ4n) is 5.14. The first-order chi connectivity index (χ1) is 21.7. The van der Waals surface area contributed by atoms with Crippen molar-refractivity contribution in [3.63, 3.8) is 0 Å². The number of aryl methyl sites for hydroxylation is 5. The van der Waals surface area contributed by atoms with Crippen LogP contribution in [0.5, 0.6) is 11.5 Å². The Balaban J connectivity index is 1.87. The van der Waals surface area contributed by atoms with E-state index >= 15 is 0 Å². The number of rotatable bonds is 15. The second-order valence-corrected chi connectivity index (χ2v) is 12.0. The molecule has 0 aliphatic carbocycles. The Morgan fingerprint density at radius 3 is 1.28 bits per heavy atom. The first-order valence-corrected chi connectivity index (χ1v) is 15.2. The number of ether oxygens (including phenoxy) is 4. The van der Waals surface area contributed by atoms with Crippen LogP contribution in [0.4, 0.5) is 0 Å². The van der Waals surface area contributed by atoms with Crippen molar-refractivity contribution in [3.8, 4) is 11.5 Å². The summed E-state index contributed by atoms with van der Waals surface area (Å²) in [7, 11) is 0. The lowest BCUT2D eigenvalue weighted by molar-refractivity contribution is -0.143. The Morgan fingerprint density at radius 1 is 0.609 bits per heavy atom. The molecule has 0 aliphatic heterocycles. The van der Waals surface area contributed by atoms with Gasteiger partial charge in [0.25, 0.3) is 0 Å². The predicted molar refractivity (Wildman–Crippen MR) is 179 cm³/mol. The van der Waals surface area contributed by atoms with Crippen LogP contribution in [-0.4, -0.2) is 60.8 Å². The van der Waals surface area contributed by atoms with E-state index in [-0.39, 0.29) is 43.5 Å². The highest BCUT2D eigenvalue weighted by molar-refractivity contribution is 5.87. The molecule has 0 radical (unpaired) electrons. The van der Waals surface area contributed by atoms with Gasteiger partial charge in [-0.25, -0.2) is 9.59 Å². The van der Waals surface area contributed by atoms with Crippen molar-refractivity contribution in [3.05, 3.63) is 117 Å². The minimum Gasteiger partial charge on any atom is -0.490 e. The van der Waals surface area contributed by atoms with Crippen LogP contribution in [0.25, 0.3) is 0 Å². The Kier molecular flexibility index (Phi) is 12.7. The van der Waals surface area contributed by atoms with Gasteiger partial charge in [0.15, 0.2) is 0 Å². The normalized spacial score (nSPS) is 12.9. The van der Waals surface area contributed by atoms with Crippen molar-refractivity contribution < 1.29 is 38.7 Å². The van der Waals surface area contributed by atoms with Crippen LogP contribution in [0.3, 0.4) is 0 Å². The number of carbonyl (C=O) groups excluding carboxylic acids is 2. The molecule has 0 saturated carbocycles. The fraction of sp³-hybridized carbons (Fsp3) is 0.368. The van der Waals surface area contributed by atoms with Crippen molar-refractivity contribution in [2.75, 3.05) is 26.4 Å². The monoisotopic (exact) mass is 630 g/mol. The molecule has 2 N–H and O–H groups in total. The minimum absolute atomic E-state index is 0.0310. The Labute approximate surface area is 272 Å². The number of aliphatic hydroxyl groups is 2. The van der Waals surface area contributed by atoms with Crippen LogP contribution in [0.2, 0.25) is 0 Å². The van der Waals surface area contributed by atoms with Crippen LogP contribution in [0.15, 0.2) is 72.8 Å². The summed E-state index contributed by atoms with van der Waals surface area (Å²) >= 11 is 0. The molecule has 3 aromatic carbocycles. The molecule has 8 heteroatoms. The summed E-state index contributed by atoms with van der Waals surface area (Å²) in [5.41, 5.74) is 8.60. The average Bonchev–Trinajstić information content (AvgIpc) is 2.98. The van der Waals surface area contributed by atoms with E-state index in [1.807, 2.05) is 27.7 Å². The van der Waals surface area contributed by atoms with Gasteiger partial charge in [0.05, 0.1) is 0 Å². The molecule has 0 amide bonds. The molecule has 3 aromatic rings. The van der Waals surface area contributed by atoms with Crippen molar-refractivity contribution in [1.82, 2.24) is 0 Å². The van der Waals surface area contributed by atoms with Crippen LogP contribution >= 0.6 is 0 Å². The third-order valence-corrected chi connectivity index (χ3v) is 7.39. The lowest BCUT2D eigenvalue weighted by Gasteiger charge is -2.24. The lowest BCUT2D eigenvalue weighted by Crippen LogP contribution is -2.25. The Hall–Kier alpha value is -4.40. The molecule has 0 bridgehead atoms. The molecular formula is C38H46O8. The van der Waals surface area contributed by atoms with E-state index in [1.54, 1.807) is 13.8 Å². The van der Waals surface area contributed by atoms with Gasteiger partial charge in [0.2, 0.25) is 0 Å². The zero-order valence-electron chi connectivity index (χ0n) is 27.9. The van der Waals surface area contributed by atoms with Gasteiger partial charge in [-0.1, -0.05) is 67.3 Å². The largest absolute Gasteiger partial charge is 0.490 e. The predicted octanol–water partition coefficient (Wildman–Crippen LogP) is 6.13. The van der Waals surface area contributed by atoms with Crippen LogP contribution in [0, 0.1) is 34.6 Å². The number of aliphatic hydroxyl groups excluding tert-OH is 2.